The number of likely N-dealkylation sites (tertiary alicyclic amines) is 2. The van der Waals surface area contributed by atoms with Crippen LogP contribution in [-0.4, -0.2) is 78.8 Å². The SMILES string of the molecule is CC(C)COc1cccc2[nH]c(OC(=O)NC3CCN(CCN4CCCCC(N)C4)CC3)cc12. The van der Waals surface area contributed by atoms with Crippen LogP contribution in [0.5, 0.6) is 11.6 Å². The molecule has 8 heteroatoms. The molecule has 3 heterocycles. The lowest BCUT2D eigenvalue weighted by molar-refractivity contribution is 0.155. The normalized spacial score (nSPS) is 21.0. The van der Waals surface area contributed by atoms with Crippen molar-refractivity contribution in [1.29, 1.82) is 0 Å². The molecule has 1 aromatic heterocycles. The Hall–Kier alpha value is -2.29. The Bertz CT molecular complexity index is 922. The van der Waals surface area contributed by atoms with Crippen molar-refractivity contribution >= 4 is 17.0 Å². The number of nitrogens with two attached hydrogens (primary N) is 1. The zero-order valence-corrected chi connectivity index (χ0v) is 20.7. The first-order valence-electron chi connectivity index (χ1n) is 12.9. The molecule has 1 aromatic carbocycles. The standard InChI is InChI=1S/C26H41N5O3/c1-19(2)18-33-24-8-5-7-23-22(24)16-25(29-23)34-26(32)28-21-9-12-30(13-10-21)14-15-31-11-4-3-6-20(27)17-31/h5,7-8,16,19-21,29H,3-4,6,9-15,17-18,27H2,1-2H3,(H,28,32). The van der Waals surface area contributed by atoms with Gasteiger partial charge in [0.05, 0.1) is 12.1 Å². The lowest BCUT2D eigenvalue weighted by Crippen LogP contribution is -2.47. The molecule has 0 bridgehead atoms. The van der Waals surface area contributed by atoms with Crippen molar-refractivity contribution in [2.45, 2.75) is 58.0 Å². The van der Waals surface area contributed by atoms with Gasteiger partial charge >= 0.3 is 6.09 Å². The van der Waals surface area contributed by atoms with Gasteiger partial charge in [-0.05, 0) is 50.3 Å². The van der Waals surface area contributed by atoms with E-state index in [1.165, 1.54) is 12.8 Å². The van der Waals surface area contributed by atoms with E-state index in [2.05, 4.69) is 33.9 Å². The Balaban J connectivity index is 1.20. The minimum atomic E-state index is -0.409. The number of carbonyl (C=O) groups excluding carboxylic acids is 1. The number of H-pyrrole nitrogens is 1. The molecule has 0 radical (unpaired) electrons. The number of benzene rings is 1. The maximum Gasteiger partial charge on any atom is 0.414 e. The van der Waals surface area contributed by atoms with Crippen molar-refractivity contribution in [3.63, 3.8) is 0 Å². The Labute approximate surface area is 203 Å². The summed E-state index contributed by atoms with van der Waals surface area (Å²) in [5.41, 5.74) is 7.08. The minimum Gasteiger partial charge on any atom is -0.493 e. The number of carbonyl (C=O) groups is 1. The Morgan fingerprint density at radius 2 is 1.94 bits per heavy atom. The molecule has 34 heavy (non-hydrogen) atoms. The molecule has 0 spiro atoms. The van der Waals surface area contributed by atoms with Gasteiger partial charge in [-0.1, -0.05) is 26.3 Å². The van der Waals surface area contributed by atoms with Crippen molar-refractivity contribution in [2.24, 2.45) is 11.7 Å². The molecule has 2 fully saturated rings. The molecule has 0 saturated carbocycles. The minimum absolute atomic E-state index is 0.143. The van der Waals surface area contributed by atoms with Crippen LogP contribution in [0, 0.1) is 5.92 Å². The van der Waals surface area contributed by atoms with E-state index in [9.17, 15) is 4.79 Å². The van der Waals surface area contributed by atoms with Gasteiger partial charge in [-0.3, -0.25) is 0 Å². The number of amides is 1. The number of ether oxygens (including phenoxy) is 2. The second kappa shape index (κ2) is 11.9. The van der Waals surface area contributed by atoms with Crippen LogP contribution in [0.4, 0.5) is 4.79 Å². The summed E-state index contributed by atoms with van der Waals surface area (Å²) >= 11 is 0. The third-order valence-corrected chi connectivity index (χ3v) is 6.81. The number of nitrogens with one attached hydrogen (secondary N) is 2. The first-order valence-corrected chi connectivity index (χ1v) is 12.9. The highest BCUT2D eigenvalue weighted by atomic mass is 16.6. The first-order chi connectivity index (χ1) is 16.5. The van der Waals surface area contributed by atoms with Crippen LogP contribution in [-0.2, 0) is 0 Å². The fourth-order valence-corrected chi connectivity index (χ4v) is 4.88. The van der Waals surface area contributed by atoms with Gasteiger partial charge in [0.1, 0.15) is 5.75 Å². The number of aromatic nitrogens is 1. The highest BCUT2D eigenvalue weighted by molar-refractivity contribution is 5.88. The number of piperidine rings is 1. The van der Waals surface area contributed by atoms with Gasteiger partial charge in [-0.15, -0.1) is 0 Å². The second-order valence-corrected chi connectivity index (χ2v) is 10.3. The van der Waals surface area contributed by atoms with E-state index in [-0.39, 0.29) is 6.04 Å². The molecule has 1 amide bonds. The molecule has 2 saturated heterocycles. The predicted molar refractivity (Wildman–Crippen MR) is 136 cm³/mol. The molecule has 2 aromatic rings. The van der Waals surface area contributed by atoms with Crippen molar-refractivity contribution in [1.82, 2.24) is 20.1 Å². The lowest BCUT2D eigenvalue weighted by atomic mass is 10.1. The fourth-order valence-electron chi connectivity index (χ4n) is 4.88. The van der Waals surface area contributed by atoms with Crippen LogP contribution in [0.3, 0.4) is 0 Å². The van der Waals surface area contributed by atoms with Crippen molar-refractivity contribution in [2.75, 3.05) is 45.9 Å². The summed E-state index contributed by atoms with van der Waals surface area (Å²) in [4.78, 5) is 20.7. The number of hydrogen-bond donors (Lipinski definition) is 3. The highest BCUT2D eigenvalue weighted by Crippen LogP contribution is 2.29. The summed E-state index contributed by atoms with van der Waals surface area (Å²) in [5, 5.41) is 3.96. The fraction of sp³-hybridized carbons (Fsp3) is 0.654. The van der Waals surface area contributed by atoms with Gasteiger partial charge in [-0.2, -0.15) is 0 Å². The summed E-state index contributed by atoms with van der Waals surface area (Å²) in [6, 6.07) is 8.13. The van der Waals surface area contributed by atoms with E-state index in [0.717, 1.165) is 75.2 Å². The smallest absolute Gasteiger partial charge is 0.414 e. The van der Waals surface area contributed by atoms with Crippen LogP contribution >= 0.6 is 0 Å². The monoisotopic (exact) mass is 471 g/mol. The van der Waals surface area contributed by atoms with Gasteiger partial charge in [0.15, 0.2) is 0 Å². The van der Waals surface area contributed by atoms with Crippen LogP contribution in [0.25, 0.3) is 10.9 Å². The van der Waals surface area contributed by atoms with Crippen molar-refractivity contribution in [3.05, 3.63) is 24.3 Å². The molecular formula is C26H41N5O3. The van der Waals surface area contributed by atoms with E-state index < -0.39 is 6.09 Å². The molecule has 1 atom stereocenters. The first kappa shape index (κ1) is 24.8. The Morgan fingerprint density at radius 3 is 2.74 bits per heavy atom. The number of aromatic amines is 1. The van der Waals surface area contributed by atoms with E-state index in [1.807, 2.05) is 24.3 Å². The molecule has 8 nitrogen and oxygen atoms in total. The molecule has 2 aliphatic heterocycles. The summed E-state index contributed by atoms with van der Waals surface area (Å²) < 4.78 is 11.5. The van der Waals surface area contributed by atoms with E-state index in [1.54, 1.807) is 0 Å². The largest absolute Gasteiger partial charge is 0.493 e. The molecular weight excluding hydrogens is 430 g/mol. The Morgan fingerprint density at radius 1 is 1.15 bits per heavy atom. The zero-order valence-electron chi connectivity index (χ0n) is 20.7. The quantitative estimate of drug-likeness (QED) is 0.545. The van der Waals surface area contributed by atoms with Crippen LogP contribution in [0.2, 0.25) is 0 Å². The van der Waals surface area contributed by atoms with Gasteiger partial charge in [-0.25, -0.2) is 4.79 Å². The van der Waals surface area contributed by atoms with E-state index in [0.29, 0.717) is 24.4 Å². The summed E-state index contributed by atoms with van der Waals surface area (Å²) in [7, 11) is 0. The van der Waals surface area contributed by atoms with Gasteiger partial charge in [0.2, 0.25) is 5.88 Å². The van der Waals surface area contributed by atoms with Crippen LogP contribution in [0.1, 0.15) is 46.0 Å². The second-order valence-electron chi connectivity index (χ2n) is 10.3. The molecule has 188 valence electrons. The number of fused-ring (bicyclic) bond motifs is 1. The molecule has 2 aliphatic rings. The average Bonchev–Trinajstić information content (AvgIpc) is 3.10. The van der Waals surface area contributed by atoms with Gasteiger partial charge < -0.3 is 35.3 Å². The van der Waals surface area contributed by atoms with Gasteiger partial charge in [0, 0.05) is 56.3 Å². The molecule has 1 unspecified atom stereocenters. The lowest BCUT2D eigenvalue weighted by Gasteiger charge is -2.33. The van der Waals surface area contributed by atoms with E-state index in [4.69, 9.17) is 15.2 Å². The average molecular weight is 472 g/mol. The van der Waals surface area contributed by atoms with Crippen molar-refractivity contribution < 1.29 is 14.3 Å². The van der Waals surface area contributed by atoms with Crippen LogP contribution in [0.15, 0.2) is 24.3 Å². The number of rotatable bonds is 8. The maximum atomic E-state index is 12.5. The van der Waals surface area contributed by atoms with Crippen molar-refractivity contribution in [3.8, 4) is 11.6 Å². The molecule has 4 rings (SSSR count). The third kappa shape index (κ3) is 7.10. The number of nitrogens with zero attached hydrogens (tertiary/aromatic N) is 2. The number of hydrogen-bond acceptors (Lipinski definition) is 6. The third-order valence-electron chi connectivity index (χ3n) is 6.81. The zero-order chi connectivity index (χ0) is 23.9. The van der Waals surface area contributed by atoms with Crippen LogP contribution < -0.4 is 20.5 Å². The highest BCUT2D eigenvalue weighted by Gasteiger charge is 2.23. The summed E-state index contributed by atoms with van der Waals surface area (Å²) in [6.07, 6.45) is 5.12. The molecule has 0 aliphatic carbocycles. The van der Waals surface area contributed by atoms with Gasteiger partial charge in [0.25, 0.3) is 0 Å². The topological polar surface area (TPSA) is 95.8 Å². The Kier molecular flexibility index (Phi) is 8.69. The van der Waals surface area contributed by atoms with E-state index >= 15 is 0 Å². The summed E-state index contributed by atoms with van der Waals surface area (Å²) in [5.74, 6) is 1.67. The molecule has 4 N–H and O–H groups in total. The maximum absolute atomic E-state index is 12.5. The predicted octanol–water partition coefficient (Wildman–Crippen LogP) is 3.57. The summed E-state index contributed by atoms with van der Waals surface area (Å²) in [6.45, 7) is 11.2.